The second-order valence-electron chi connectivity index (χ2n) is 6.15. The third-order valence-corrected chi connectivity index (χ3v) is 5.48. The molecule has 0 aromatic heterocycles. The average Bonchev–Trinajstić information content (AvgIpc) is 2.73. The lowest BCUT2D eigenvalue weighted by Crippen LogP contribution is -2.33. The minimum Gasteiger partial charge on any atom is -0.479 e. The van der Waals surface area contributed by atoms with Gasteiger partial charge in [-0.15, -0.1) is 0 Å². The highest BCUT2D eigenvalue weighted by Gasteiger charge is 2.23. The maximum Gasteiger partial charge on any atom is 0.330 e. The number of amides is 1. The Balaban J connectivity index is 1.80. The van der Waals surface area contributed by atoms with Gasteiger partial charge in [-0.05, 0) is 35.9 Å². The highest BCUT2D eigenvalue weighted by molar-refractivity contribution is 7.92. The molecule has 1 atom stereocenters. The van der Waals surface area contributed by atoms with Crippen LogP contribution in [0.25, 0.3) is 0 Å². The first kappa shape index (κ1) is 20.1. The van der Waals surface area contributed by atoms with Gasteiger partial charge in [-0.3, -0.25) is 9.52 Å². The number of carbonyl (C=O) groups excluding carboxylic acids is 1. The molecule has 0 fully saturated rings. The Morgan fingerprint density at radius 2 is 1.45 bits per heavy atom. The SMILES string of the molecule is O=C(NC(C(=O)O)c1ccccc1)c1cccc(NS(=O)(=O)c2ccccc2)c1. The fraction of sp³-hybridized carbons (Fsp3) is 0.0476. The molecule has 1 unspecified atom stereocenters. The van der Waals surface area contributed by atoms with Crippen molar-refractivity contribution in [1.82, 2.24) is 5.32 Å². The molecule has 0 aliphatic carbocycles. The van der Waals surface area contributed by atoms with Crippen molar-refractivity contribution in [3.63, 3.8) is 0 Å². The molecule has 0 aliphatic rings. The predicted octanol–water partition coefficient (Wildman–Crippen LogP) is 3.04. The van der Waals surface area contributed by atoms with E-state index in [4.69, 9.17) is 0 Å². The summed E-state index contributed by atoms with van der Waals surface area (Å²) in [6.07, 6.45) is 0. The molecule has 148 valence electrons. The molecule has 3 N–H and O–H groups in total. The van der Waals surface area contributed by atoms with E-state index in [9.17, 15) is 23.1 Å². The Hall–Kier alpha value is -3.65. The van der Waals surface area contributed by atoms with E-state index in [1.807, 2.05) is 0 Å². The maximum atomic E-state index is 12.6. The molecule has 0 saturated heterocycles. The van der Waals surface area contributed by atoms with Crippen LogP contribution in [0.5, 0.6) is 0 Å². The molecule has 8 heteroatoms. The number of carboxylic acid groups (broad SMARTS) is 1. The van der Waals surface area contributed by atoms with Gasteiger partial charge in [0.2, 0.25) is 0 Å². The smallest absolute Gasteiger partial charge is 0.330 e. The molecule has 3 aromatic rings. The first-order valence-electron chi connectivity index (χ1n) is 8.63. The lowest BCUT2D eigenvalue weighted by Gasteiger charge is -2.15. The Labute approximate surface area is 168 Å². The zero-order valence-corrected chi connectivity index (χ0v) is 16.0. The van der Waals surface area contributed by atoms with Gasteiger partial charge in [-0.25, -0.2) is 13.2 Å². The van der Waals surface area contributed by atoms with E-state index in [1.54, 1.807) is 48.5 Å². The topological polar surface area (TPSA) is 113 Å². The second kappa shape index (κ2) is 8.57. The number of nitrogens with one attached hydrogen (secondary N) is 2. The van der Waals surface area contributed by atoms with Crippen molar-refractivity contribution in [2.45, 2.75) is 10.9 Å². The van der Waals surface area contributed by atoms with Gasteiger partial charge in [0.15, 0.2) is 6.04 Å². The normalized spacial score (nSPS) is 12.0. The number of carboxylic acids is 1. The molecule has 0 radical (unpaired) electrons. The average molecular weight is 410 g/mol. The van der Waals surface area contributed by atoms with Gasteiger partial charge < -0.3 is 10.4 Å². The van der Waals surface area contributed by atoms with Gasteiger partial charge in [0.25, 0.3) is 15.9 Å². The van der Waals surface area contributed by atoms with Crippen LogP contribution >= 0.6 is 0 Å². The van der Waals surface area contributed by atoms with Crippen LogP contribution in [0.15, 0.2) is 89.8 Å². The number of sulfonamides is 1. The predicted molar refractivity (Wildman–Crippen MR) is 108 cm³/mol. The second-order valence-corrected chi connectivity index (χ2v) is 7.84. The molecule has 3 aromatic carbocycles. The van der Waals surface area contributed by atoms with Crippen molar-refractivity contribution in [3.05, 3.63) is 96.1 Å². The Morgan fingerprint density at radius 1 is 0.828 bits per heavy atom. The summed E-state index contributed by atoms with van der Waals surface area (Å²) in [4.78, 5) is 24.2. The van der Waals surface area contributed by atoms with Crippen molar-refractivity contribution < 1.29 is 23.1 Å². The molecule has 1 amide bonds. The minimum atomic E-state index is -3.81. The first-order chi connectivity index (χ1) is 13.9. The van der Waals surface area contributed by atoms with Crippen molar-refractivity contribution >= 4 is 27.6 Å². The lowest BCUT2D eigenvalue weighted by molar-refractivity contribution is -0.139. The number of anilines is 1. The van der Waals surface area contributed by atoms with Crippen LogP contribution < -0.4 is 10.0 Å². The van der Waals surface area contributed by atoms with Crippen LogP contribution in [0.2, 0.25) is 0 Å². The van der Waals surface area contributed by atoms with Gasteiger partial charge in [-0.2, -0.15) is 0 Å². The van der Waals surface area contributed by atoms with Crippen LogP contribution in [0.3, 0.4) is 0 Å². The van der Waals surface area contributed by atoms with Gasteiger partial charge in [-0.1, -0.05) is 54.6 Å². The van der Waals surface area contributed by atoms with Crippen molar-refractivity contribution in [3.8, 4) is 0 Å². The molecule has 0 bridgehead atoms. The van der Waals surface area contributed by atoms with E-state index >= 15 is 0 Å². The summed E-state index contributed by atoms with van der Waals surface area (Å²) < 4.78 is 27.3. The summed E-state index contributed by atoms with van der Waals surface area (Å²) in [5, 5.41) is 11.9. The van der Waals surface area contributed by atoms with Crippen LogP contribution in [-0.4, -0.2) is 25.4 Å². The lowest BCUT2D eigenvalue weighted by atomic mass is 10.1. The fourth-order valence-electron chi connectivity index (χ4n) is 2.69. The molecule has 29 heavy (non-hydrogen) atoms. The van der Waals surface area contributed by atoms with Crippen molar-refractivity contribution in [2.75, 3.05) is 4.72 Å². The highest BCUT2D eigenvalue weighted by Crippen LogP contribution is 2.18. The molecule has 0 aliphatic heterocycles. The zero-order valence-electron chi connectivity index (χ0n) is 15.1. The monoisotopic (exact) mass is 410 g/mol. The quantitative estimate of drug-likeness (QED) is 0.554. The van der Waals surface area contributed by atoms with Crippen LogP contribution in [0, 0.1) is 0 Å². The highest BCUT2D eigenvalue weighted by atomic mass is 32.2. The standard InChI is InChI=1S/C21H18N2O5S/c24-20(22-19(21(25)26)15-8-3-1-4-9-15)16-10-7-11-17(14-16)23-29(27,28)18-12-5-2-6-13-18/h1-14,19,23H,(H,22,24)(H,25,26). The van der Waals surface area contributed by atoms with Crippen LogP contribution in [0.4, 0.5) is 5.69 Å². The fourth-order valence-corrected chi connectivity index (χ4v) is 3.76. The molecule has 0 spiro atoms. The number of benzene rings is 3. The van der Waals surface area contributed by atoms with E-state index in [1.165, 1.54) is 36.4 Å². The first-order valence-corrected chi connectivity index (χ1v) is 10.1. The molecule has 0 saturated carbocycles. The number of hydrogen-bond donors (Lipinski definition) is 3. The van der Waals surface area contributed by atoms with E-state index in [0.29, 0.717) is 5.56 Å². The van der Waals surface area contributed by atoms with Gasteiger partial charge in [0, 0.05) is 11.3 Å². The number of hydrogen-bond acceptors (Lipinski definition) is 4. The summed E-state index contributed by atoms with van der Waals surface area (Å²) in [6.45, 7) is 0. The maximum absolute atomic E-state index is 12.6. The molecule has 7 nitrogen and oxygen atoms in total. The third-order valence-electron chi connectivity index (χ3n) is 4.09. The summed E-state index contributed by atoms with van der Waals surface area (Å²) in [7, 11) is -3.81. The van der Waals surface area contributed by atoms with Crippen LogP contribution in [0.1, 0.15) is 22.0 Å². The van der Waals surface area contributed by atoms with Crippen LogP contribution in [-0.2, 0) is 14.8 Å². The van der Waals surface area contributed by atoms with E-state index < -0.39 is 27.9 Å². The number of rotatable bonds is 7. The van der Waals surface area contributed by atoms with Gasteiger partial charge in [0.05, 0.1) is 4.90 Å². The largest absolute Gasteiger partial charge is 0.479 e. The Kier molecular flexibility index (Phi) is 5.94. The number of carbonyl (C=O) groups is 2. The summed E-state index contributed by atoms with van der Waals surface area (Å²) in [5.41, 5.74) is 0.739. The zero-order chi connectivity index (χ0) is 20.9. The summed E-state index contributed by atoms with van der Waals surface area (Å²) in [5.74, 6) is -1.84. The van der Waals surface area contributed by atoms with Crippen molar-refractivity contribution in [1.29, 1.82) is 0 Å². The molecule has 3 rings (SSSR count). The number of aliphatic carboxylic acids is 1. The minimum absolute atomic E-state index is 0.0878. The van der Waals surface area contributed by atoms with Gasteiger partial charge >= 0.3 is 5.97 Å². The summed E-state index contributed by atoms with van der Waals surface area (Å²) >= 11 is 0. The summed E-state index contributed by atoms with van der Waals surface area (Å²) in [6, 6.07) is 20.7. The third kappa shape index (κ3) is 4.99. The van der Waals surface area contributed by atoms with E-state index in [-0.39, 0.29) is 16.1 Å². The van der Waals surface area contributed by atoms with Gasteiger partial charge in [0.1, 0.15) is 0 Å². The van der Waals surface area contributed by atoms with Crippen molar-refractivity contribution in [2.24, 2.45) is 0 Å². The van der Waals surface area contributed by atoms with E-state index in [0.717, 1.165) is 0 Å². The Bertz CT molecular complexity index is 1120. The molecular formula is C21H18N2O5S. The molecule has 0 heterocycles. The molecular weight excluding hydrogens is 392 g/mol. The Morgan fingerprint density at radius 3 is 2.07 bits per heavy atom. The van der Waals surface area contributed by atoms with E-state index in [2.05, 4.69) is 10.0 Å².